The molecule has 9 N–H and O–H groups in total. The molecular formula is C40H36N4O17. The van der Waals surface area contributed by atoms with Gasteiger partial charge in [0.2, 0.25) is 5.78 Å². The van der Waals surface area contributed by atoms with Gasteiger partial charge in [-0.05, 0) is 88.5 Å². The number of nitrogens with one attached hydrogen (secondary N) is 1. The van der Waals surface area contributed by atoms with E-state index in [9.17, 15) is 84.0 Å². The van der Waals surface area contributed by atoms with Crippen LogP contribution in [0.25, 0.3) is 12.2 Å². The number of fused-ring (bicyclic) bond motifs is 5. The van der Waals surface area contributed by atoms with Gasteiger partial charge in [-0.3, -0.25) is 43.2 Å². The van der Waals surface area contributed by atoms with Crippen LogP contribution < -0.4 is 0 Å². The Morgan fingerprint density at radius 2 is 0.803 bits per heavy atom. The second-order valence-corrected chi connectivity index (χ2v) is 14.0. The highest BCUT2D eigenvalue weighted by Gasteiger charge is 2.38. The fraction of sp³-hybridized carbons (Fsp3) is 0.300. The molecule has 5 heterocycles. The Bertz CT molecular complexity index is 2510. The highest BCUT2D eigenvalue weighted by molar-refractivity contribution is 6.73. The Labute approximate surface area is 342 Å². The lowest BCUT2D eigenvalue weighted by Gasteiger charge is -2.10. The molecule has 21 nitrogen and oxygen atoms in total. The SMILES string of the molecule is O=C(O)CCC1=C(CC(=O)O)C2=NC1=Cc1[nH]c(c(CCC(=O)O)c1CC(=O)O)C=C1N=C(C=C3N=C(C2=O)C(CCC(=O)O)=C3CC(=O)O)C(CCC(=O)O)=C1CC(=O)O. The lowest BCUT2D eigenvalue weighted by atomic mass is 9.90. The molecule has 8 bridgehead atoms. The van der Waals surface area contributed by atoms with Crippen molar-refractivity contribution in [3.8, 4) is 0 Å². The van der Waals surface area contributed by atoms with Gasteiger partial charge >= 0.3 is 47.8 Å². The van der Waals surface area contributed by atoms with Crippen molar-refractivity contribution >= 4 is 82.8 Å². The normalized spacial score (nSPS) is 15.8. The van der Waals surface area contributed by atoms with Crippen LogP contribution in [-0.2, 0) is 56.0 Å². The zero-order valence-corrected chi connectivity index (χ0v) is 31.8. The summed E-state index contributed by atoms with van der Waals surface area (Å²) in [6, 6.07) is 0. The summed E-state index contributed by atoms with van der Waals surface area (Å²) in [5.41, 5.74) is -2.43. The molecule has 4 aliphatic rings. The average molecular weight is 845 g/mol. The van der Waals surface area contributed by atoms with E-state index >= 15 is 0 Å². The van der Waals surface area contributed by atoms with E-state index in [0.29, 0.717) is 0 Å². The maximum absolute atomic E-state index is 14.7. The monoisotopic (exact) mass is 844 g/mol. The minimum atomic E-state index is -1.49. The van der Waals surface area contributed by atoms with Crippen molar-refractivity contribution in [2.45, 2.75) is 77.0 Å². The number of nitrogens with zero attached hydrogens (tertiary/aromatic N) is 3. The van der Waals surface area contributed by atoms with E-state index in [-0.39, 0.29) is 91.6 Å². The molecule has 0 saturated carbocycles. The molecule has 5 rings (SSSR count). The van der Waals surface area contributed by atoms with Crippen LogP contribution in [0.15, 0.2) is 71.6 Å². The van der Waals surface area contributed by atoms with E-state index in [2.05, 4.69) is 20.0 Å². The van der Waals surface area contributed by atoms with Crippen LogP contribution in [-0.4, -0.2) is 117 Å². The second-order valence-electron chi connectivity index (χ2n) is 14.0. The Morgan fingerprint density at radius 1 is 0.410 bits per heavy atom. The van der Waals surface area contributed by atoms with Crippen molar-refractivity contribution in [1.82, 2.24) is 4.98 Å². The van der Waals surface area contributed by atoms with Gasteiger partial charge in [0, 0.05) is 37.1 Å². The van der Waals surface area contributed by atoms with Gasteiger partial charge in [0.15, 0.2) is 0 Å². The summed E-state index contributed by atoms with van der Waals surface area (Å²) in [4.78, 5) is 128. The maximum atomic E-state index is 14.7. The minimum Gasteiger partial charge on any atom is -0.481 e. The van der Waals surface area contributed by atoms with Crippen molar-refractivity contribution in [3.63, 3.8) is 0 Å². The summed E-state index contributed by atoms with van der Waals surface area (Å²) in [5, 5.41) is 78.5. The van der Waals surface area contributed by atoms with Crippen molar-refractivity contribution in [3.05, 3.63) is 79.1 Å². The summed E-state index contributed by atoms with van der Waals surface area (Å²) in [6.07, 6.45) is -3.47. The third-order valence-electron chi connectivity index (χ3n) is 9.82. The molecule has 0 spiro atoms. The molecule has 0 aliphatic carbocycles. The quantitative estimate of drug-likeness (QED) is 0.0910. The molecule has 61 heavy (non-hydrogen) atoms. The molecule has 1 aromatic rings. The van der Waals surface area contributed by atoms with Gasteiger partial charge in [0.05, 0.1) is 48.5 Å². The first kappa shape index (κ1) is 44.3. The predicted molar refractivity (Wildman–Crippen MR) is 208 cm³/mol. The number of ketones is 1. The smallest absolute Gasteiger partial charge is 0.307 e. The largest absolute Gasteiger partial charge is 0.481 e. The number of aliphatic carboxylic acids is 8. The molecule has 4 aliphatic heterocycles. The number of carbonyl (C=O) groups excluding carboxylic acids is 1. The number of hydrogen-bond donors (Lipinski definition) is 9. The second kappa shape index (κ2) is 18.4. The summed E-state index contributed by atoms with van der Waals surface area (Å²) >= 11 is 0. The Morgan fingerprint density at radius 3 is 1.31 bits per heavy atom. The molecule has 0 unspecified atom stereocenters. The third kappa shape index (κ3) is 10.4. The molecule has 318 valence electrons. The van der Waals surface area contributed by atoms with Crippen molar-refractivity contribution in [2.24, 2.45) is 15.0 Å². The van der Waals surface area contributed by atoms with Gasteiger partial charge in [-0.25, -0.2) is 15.0 Å². The van der Waals surface area contributed by atoms with Crippen LogP contribution in [0.5, 0.6) is 0 Å². The first-order valence-corrected chi connectivity index (χ1v) is 18.4. The fourth-order valence-corrected chi connectivity index (χ4v) is 7.35. The zero-order chi connectivity index (χ0) is 44.9. The molecule has 1 aromatic heterocycles. The van der Waals surface area contributed by atoms with Gasteiger partial charge in [0.1, 0.15) is 11.4 Å². The third-order valence-corrected chi connectivity index (χ3v) is 9.82. The van der Waals surface area contributed by atoms with Gasteiger partial charge < -0.3 is 45.8 Å². The summed E-state index contributed by atoms with van der Waals surface area (Å²) < 4.78 is 0. The van der Waals surface area contributed by atoms with Gasteiger partial charge in [-0.2, -0.15) is 0 Å². The summed E-state index contributed by atoms with van der Waals surface area (Å²) in [7, 11) is 0. The number of carbonyl (C=O) groups is 9. The Balaban J connectivity index is 1.98. The molecule has 0 fully saturated rings. The lowest BCUT2D eigenvalue weighted by molar-refractivity contribution is -0.138. The van der Waals surface area contributed by atoms with Crippen LogP contribution in [0, 0.1) is 0 Å². The molecule has 0 aromatic carbocycles. The number of allylic oxidation sites excluding steroid dienone is 6. The van der Waals surface area contributed by atoms with Crippen molar-refractivity contribution < 1.29 is 84.0 Å². The number of carboxylic acid groups (broad SMARTS) is 8. The molecule has 0 saturated heterocycles. The number of hydrogen-bond acceptors (Lipinski definition) is 12. The van der Waals surface area contributed by atoms with Crippen molar-refractivity contribution in [2.75, 3.05) is 0 Å². The zero-order valence-electron chi connectivity index (χ0n) is 31.8. The molecular weight excluding hydrogens is 808 g/mol. The van der Waals surface area contributed by atoms with Gasteiger partial charge in [0.25, 0.3) is 0 Å². The summed E-state index contributed by atoms with van der Waals surface area (Å²) in [6.45, 7) is 0. The highest BCUT2D eigenvalue weighted by Crippen LogP contribution is 2.40. The first-order chi connectivity index (χ1) is 28.7. The Kier molecular flexibility index (Phi) is 13.3. The van der Waals surface area contributed by atoms with E-state index in [1.807, 2.05) is 0 Å². The standard InChI is InChI=1S/C40H36N4O17/c45-30(46)5-1-16-21(10-35(55)56)28-15-26-18(3-7-32(49)50)23(12-37(59)60)39(43-26)40(61)38-19(4-8-33(51)52)22(11-36(57)58)29(44-38)14-25-17(2-6-31(47)48)20(9-34(53)54)27(42-25)13-24(16)41-28/h13-15,41H,1-12H2,(H,45,46)(H,47,48)(H,49,50)(H,51,52)(H,53,54)(H,55,56)(H,57,58)(H,59,60). The Hall–Kier alpha value is -7.84. The summed E-state index contributed by atoms with van der Waals surface area (Å²) in [5.74, 6) is -12.1. The molecule has 0 amide bonds. The number of carboxylic acids is 8. The number of aliphatic imine (C=N–C) groups is 3. The van der Waals surface area contributed by atoms with Crippen LogP contribution in [0.2, 0.25) is 0 Å². The predicted octanol–water partition coefficient (Wildman–Crippen LogP) is 3.08. The van der Waals surface area contributed by atoms with Gasteiger partial charge in [-0.15, -0.1) is 0 Å². The van der Waals surface area contributed by atoms with E-state index in [4.69, 9.17) is 0 Å². The van der Waals surface area contributed by atoms with Crippen LogP contribution >= 0.6 is 0 Å². The van der Waals surface area contributed by atoms with E-state index in [0.717, 1.165) is 0 Å². The lowest BCUT2D eigenvalue weighted by Crippen LogP contribution is -2.27. The van der Waals surface area contributed by atoms with E-state index in [1.165, 1.54) is 18.2 Å². The maximum Gasteiger partial charge on any atom is 0.307 e. The highest BCUT2D eigenvalue weighted by atomic mass is 16.4. The fourth-order valence-electron chi connectivity index (χ4n) is 7.35. The topological polar surface area (TPSA) is 368 Å². The molecule has 0 radical (unpaired) electrons. The molecule has 0 atom stereocenters. The number of aromatic amines is 1. The van der Waals surface area contributed by atoms with Crippen LogP contribution in [0.4, 0.5) is 0 Å². The number of aromatic nitrogens is 1. The number of H-pyrrole nitrogens is 1. The van der Waals surface area contributed by atoms with Crippen LogP contribution in [0.3, 0.4) is 0 Å². The van der Waals surface area contributed by atoms with E-state index < -0.39 is 129 Å². The molecule has 21 heteroatoms. The van der Waals surface area contributed by atoms with Crippen molar-refractivity contribution in [1.29, 1.82) is 0 Å². The number of Topliss-reactive ketones (excluding diaryl/α,β-unsaturated/α-hetero) is 1. The average Bonchev–Trinajstić information content (AvgIpc) is 3.84. The first-order valence-electron chi connectivity index (χ1n) is 18.4. The number of rotatable bonds is 20. The van der Waals surface area contributed by atoms with Gasteiger partial charge in [-0.1, -0.05) is 0 Å². The van der Waals surface area contributed by atoms with E-state index in [1.54, 1.807) is 0 Å². The van der Waals surface area contributed by atoms with Crippen LogP contribution in [0.1, 0.15) is 86.7 Å². The minimum absolute atomic E-state index is 0.00965.